The van der Waals surface area contributed by atoms with Crippen molar-refractivity contribution in [3.8, 4) is 0 Å². The van der Waals surface area contributed by atoms with Gasteiger partial charge < -0.3 is 10.5 Å². The lowest BCUT2D eigenvalue weighted by molar-refractivity contribution is -0.148. The van der Waals surface area contributed by atoms with Gasteiger partial charge in [-0.05, 0) is 25.8 Å². The van der Waals surface area contributed by atoms with Gasteiger partial charge in [0.15, 0.2) is 0 Å². The molecule has 0 heterocycles. The molecule has 0 aromatic heterocycles. The Morgan fingerprint density at radius 3 is 2.64 bits per heavy atom. The highest BCUT2D eigenvalue weighted by atomic mass is 16.5. The first-order chi connectivity index (χ1) is 6.72. The van der Waals surface area contributed by atoms with Gasteiger partial charge >= 0.3 is 5.97 Å². The van der Waals surface area contributed by atoms with Crippen molar-refractivity contribution < 1.29 is 9.53 Å². The first kappa shape index (κ1) is 13.4. The highest BCUT2D eigenvalue weighted by Gasteiger charge is 2.13. The zero-order chi connectivity index (χ0) is 10.8. The van der Waals surface area contributed by atoms with E-state index in [2.05, 4.69) is 6.92 Å². The van der Waals surface area contributed by atoms with Crippen LogP contribution in [-0.4, -0.2) is 19.1 Å². The van der Waals surface area contributed by atoms with Gasteiger partial charge in [0, 0.05) is 0 Å². The predicted octanol–water partition coefficient (Wildman–Crippen LogP) is 2.09. The maximum absolute atomic E-state index is 11.4. The van der Waals surface area contributed by atoms with Gasteiger partial charge in [-0.2, -0.15) is 0 Å². The Morgan fingerprint density at radius 2 is 2.07 bits per heavy atom. The molecular weight excluding hydrogens is 178 g/mol. The maximum Gasteiger partial charge on any atom is 0.308 e. The molecule has 0 saturated heterocycles. The zero-order valence-electron chi connectivity index (χ0n) is 9.42. The van der Waals surface area contributed by atoms with Gasteiger partial charge in [0.1, 0.15) is 0 Å². The van der Waals surface area contributed by atoms with Crippen LogP contribution in [0.1, 0.15) is 46.0 Å². The van der Waals surface area contributed by atoms with Gasteiger partial charge in [0.2, 0.25) is 0 Å². The van der Waals surface area contributed by atoms with Gasteiger partial charge in [0.25, 0.3) is 0 Å². The number of hydrogen-bond acceptors (Lipinski definition) is 3. The Bertz CT molecular complexity index is 148. The summed E-state index contributed by atoms with van der Waals surface area (Å²) in [6.07, 6.45) is 4.92. The monoisotopic (exact) mass is 201 g/mol. The Kier molecular flexibility index (Phi) is 8.64. The van der Waals surface area contributed by atoms with Crippen molar-refractivity contribution in [2.45, 2.75) is 46.0 Å². The van der Waals surface area contributed by atoms with Gasteiger partial charge in [0.05, 0.1) is 12.5 Å². The number of carbonyl (C=O) groups excluding carboxylic acids is 1. The molecule has 0 unspecified atom stereocenters. The standard InChI is InChI=1S/C11H23NO2/c1-3-4-9-14-11(13)10(2)7-5-6-8-12/h10H,3-9,12H2,1-2H3/t10-/m0/s1. The van der Waals surface area contributed by atoms with E-state index < -0.39 is 0 Å². The SMILES string of the molecule is CCCCOC(=O)[C@@H](C)CCCCN. The predicted molar refractivity (Wildman–Crippen MR) is 57.9 cm³/mol. The summed E-state index contributed by atoms with van der Waals surface area (Å²) in [6.45, 7) is 5.28. The van der Waals surface area contributed by atoms with E-state index in [0.717, 1.165) is 32.1 Å². The highest BCUT2D eigenvalue weighted by Crippen LogP contribution is 2.09. The van der Waals surface area contributed by atoms with E-state index in [0.29, 0.717) is 13.2 Å². The Balaban J connectivity index is 3.44. The molecule has 0 fully saturated rings. The third-order valence-electron chi connectivity index (χ3n) is 2.24. The number of esters is 1. The fraction of sp³-hybridized carbons (Fsp3) is 0.909. The molecular formula is C11H23NO2. The van der Waals surface area contributed by atoms with Crippen LogP contribution in [0.3, 0.4) is 0 Å². The molecule has 0 aromatic rings. The molecule has 0 aromatic carbocycles. The Morgan fingerprint density at radius 1 is 1.36 bits per heavy atom. The van der Waals surface area contributed by atoms with Crippen molar-refractivity contribution in [2.24, 2.45) is 11.7 Å². The van der Waals surface area contributed by atoms with E-state index in [-0.39, 0.29) is 11.9 Å². The number of unbranched alkanes of at least 4 members (excludes halogenated alkanes) is 2. The number of hydrogen-bond donors (Lipinski definition) is 1. The summed E-state index contributed by atoms with van der Waals surface area (Å²) >= 11 is 0. The zero-order valence-corrected chi connectivity index (χ0v) is 9.42. The smallest absolute Gasteiger partial charge is 0.308 e. The Labute approximate surface area is 87.0 Å². The van der Waals surface area contributed by atoms with E-state index in [4.69, 9.17) is 10.5 Å². The molecule has 0 radical (unpaired) electrons. The van der Waals surface area contributed by atoms with E-state index >= 15 is 0 Å². The van der Waals surface area contributed by atoms with Crippen LogP contribution in [-0.2, 0) is 9.53 Å². The van der Waals surface area contributed by atoms with Crippen LogP contribution >= 0.6 is 0 Å². The molecule has 0 aliphatic rings. The molecule has 3 heteroatoms. The number of ether oxygens (including phenoxy) is 1. The van der Waals surface area contributed by atoms with Crippen LogP contribution in [0.25, 0.3) is 0 Å². The van der Waals surface area contributed by atoms with Crippen LogP contribution in [0.4, 0.5) is 0 Å². The molecule has 0 amide bonds. The fourth-order valence-corrected chi connectivity index (χ4v) is 1.17. The second-order valence-corrected chi connectivity index (χ2v) is 3.71. The lowest BCUT2D eigenvalue weighted by atomic mass is 10.0. The van der Waals surface area contributed by atoms with Crippen molar-refractivity contribution >= 4 is 5.97 Å². The Hall–Kier alpha value is -0.570. The average Bonchev–Trinajstić information content (AvgIpc) is 2.18. The van der Waals surface area contributed by atoms with Crippen molar-refractivity contribution in [3.63, 3.8) is 0 Å². The second kappa shape index (κ2) is 9.00. The van der Waals surface area contributed by atoms with Crippen molar-refractivity contribution in [1.29, 1.82) is 0 Å². The molecule has 3 nitrogen and oxygen atoms in total. The molecule has 2 N–H and O–H groups in total. The van der Waals surface area contributed by atoms with E-state index in [9.17, 15) is 4.79 Å². The van der Waals surface area contributed by atoms with Crippen molar-refractivity contribution in [1.82, 2.24) is 0 Å². The molecule has 0 rings (SSSR count). The highest BCUT2D eigenvalue weighted by molar-refractivity contribution is 5.71. The summed E-state index contributed by atoms with van der Waals surface area (Å²) in [5.74, 6) is -0.0334. The summed E-state index contributed by atoms with van der Waals surface area (Å²) in [5, 5.41) is 0. The summed E-state index contributed by atoms with van der Waals surface area (Å²) in [6, 6.07) is 0. The normalized spacial score (nSPS) is 12.5. The van der Waals surface area contributed by atoms with E-state index in [1.165, 1.54) is 0 Å². The molecule has 0 bridgehead atoms. The molecule has 0 aliphatic carbocycles. The second-order valence-electron chi connectivity index (χ2n) is 3.71. The molecule has 0 aliphatic heterocycles. The van der Waals surface area contributed by atoms with Crippen LogP contribution < -0.4 is 5.73 Å². The lowest BCUT2D eigenvalue weighted by Gasteiger charge is -2.10. The van der Waals surface area contributed by atoms with Gasteiger partial charge in [-0.3, -0.25) is 4.79 Å². The van der Waals surface area contributed by atoms with Crippen LogP contribution in [0.5, 0.6) is 0 Å². The molecule has 1 atom stereocenters. The van der Waals surface area contributed by atoms with Gasteiger partial charge in [-0.25, -0.2) is 0 Å². The average molecular weight is 201 g/mol. The third kappa shape index (κ3) is 6.89. The first-order valence-corrected chi connectivity index (χ1v) is 5.59. The largest absolute Gasteiger partial charge is 0.465 e. The minimum atomic E-state index is -0.0597. The summed E-state index contributed by atoms with van der Waals surface area (Å²) in [4.78, 5) is 11.4. The van der Waals surface area contributed by atoms with Gasteiger partial charge in [-0.1, -0.05) is 26.7 Å². The molecule has 0 spiro atoms. The third-order valence-corrected chi connectivity index (χ3v) is 2.24. The molecule has 84 valence electrons. The molecule has 0 saturated carbocycles. The van der Waals surface area contributed by atoms with Crippen LogP contribution in [0.2, 0.25) is 0 Å². The quantitative estimate of drug-likeness (QED) is 0.483. The van der Waals surface area contributed by atoms with Crippen LogP contribution in [0.15, 0.2) is 0 Å². The first-order valence-electron chi connectivity index (χ1n) is 5.59. The summed E-state index contributed by atoms with van der Waals surface area (Å²) in [7, 11) is 0. The van der Waals surface area contributed by atoms with Gasteiger partial charge in [-0.15, -0.1) is 0 Å². The number of nitrogens with two attached hydrogens (primary N) is 1. The minimum absolute atomic E-state index is 0.0263. The summed E-state index contributed by atoms with van der Waals surface area (Å²) < 4.78 is 5.10. The van der Waals surface area contributed by atoms with E-state index in [1.54, 1.807) is 0 Å². The molecule has 14 heavy (non-hydrogen) atoms. The fourth-order valence-electron chi connectivity index (χ4n) is 1.17. The van der Waals surface area contributed by atoms with Crippen LogP contribution in [0, 0.1) is 5.92 Å². The number of rotatable bonds is 8. The number of carbonyl (C=O) groups is 1. The topological polar surface area (TPSA) is 52.3 Å². The lowest BCUT2D eigenvalue weighted by Crippen LogP contribution is -2.15. The van der Waals surface area contributed by atoms with Crippen molar-refractivity contribution in [3.05, 3.63) is 0 Å². The van der Waals surface area contributed by atoms with E-state index in [1.807, 2.05) is 6.92 Å². The van der Waals surface area contributed by atoms with Crippen molar-refractivity contribution in [2.75, 3.05) is 13.2 Å². The maximum atomic E-state index is 11.4. The minimum Gasteiger partial charge on any atom is -0.465 e. The summed E-state index contributed by atoms with van der Waals surface area (Å²) in [5.41, 5.74) is 5.37.